The second-order valence-corrected chi connectivity index (χ2v) is 6.66. The van der Waals surface area contributed by atoms with Crippen LogP contribution in [0.1, 0.15) is 13.3 Å². The smallest absolute Gasteiger partial charge is 0.337 e. The third kappa shape index (κ3) is 4.51. The number of carbonyl (C=O) groups is 2. The van der Waals surface area contributed by atoms with Crippen LogP contribution in [0.25, 0.3) is 0 Å². The van der Waals surface area contributed by atoms with E-state index in [4.69, 9.17) is 14.2 Å². The van der Waals surface area contributed by atoms with Crippen LogP contribution in [0.3, 0.4) is 0 Å². The summed E-state index contributed by atoms with van der Waals surface area (Å²) in [5, 5.41) is 48.4. The van der Waals surface area contributed by atoms with Gasteiger partial charge in [0, 0.05) is 12.5 Å². The van der Waals surface area contributed by atoms with Crippen LogP contribution in [0.15, 0.2) is 11.8 Å². The van der Waals surface area contributed by atoms with Crippen molar-refractivity contribution in [2.45, 2.75) is 50.3 Å². The number of esters is 1. The van der Waals surface area contributed by atoms with Crippen molar-refractivity contribution in [3.8, 4) is 0 Å². The number of aliphatic hydroxyl groups is 5. The fourth-order valence-corrected chi connectivity index (χ4v) is 3.39. The lowest BCUT2D eigenvalue weighted by molar-refractivity contribution is -0.339. The van der Waals surface area contributed by atoms with Gasteiger partial charge in [-0.3, -0.25) is 4.79 Å². The molecule has 2 heterocycles. The van der Waals surface area contributed by atoms with Gasteiger partial charge in [0.1, 0.15) is 30.2 Å². The highest BCUT2D eigenvalue weighted by atomic mass is 16.8. The van der Waals surface area contributed by atoms with E-state index < -0.39 is 67.2 Å². The van der Waals surface area contributed by atoms with Crippen LogP contribution in [0, 0.1) is 11.8 Å². The van der Waals surface area contributed by atoms with Crippen LogP contribution < -0.4 is 0 Å². The molecule has 2 aliphatic heterocycles. The van der Waals surface area contributed by atoms with Crippen molar-refractivity contribution in [2.75, 3.05) is 20.3 Å². The molecule has 28 heavy (non-hydrogen) atoms. The van der Waals surface area contributed by atoms with Gasteiger partial charge in [-0.2, -0.15) is 0 Å². The Morgan fingerprint density at radius 2 is 1.79 bits per heavy atom. The molecule has 0 saturated carbocycles. The molecule has 11 heteroatoms. The molecule has 0 amide bonds. The maximum absolute atomic E-state index is 12.3. The number of ether oxygens (including phenoxy) is 4. The minimum absolute atomic E-state index is 0.0447. The van der Waals surface area contributed by atoms with Crippen molar-refractivity contribution in [3.05, 3.63) is 11.8 Å². The number of rotatable bonds is 7. The first-order valence-electron chi connectivity index (χ1n) is 8.77. The second-order valence-electron chi connectivity index (χ2n) is 6.66. The Hall–Kier alpha value is -1.60. The summed E-state index contributed by atoms with van der Waals surface area (Å²) in [5.74, 6) is -2.96. The topological polar surface area (TPSA) is 172 Å². The number of carbonyl (C=O) groups excluding carboxylic acids is 2. The quantitative estimate of drug-likeness (QED) is 0.281. The van der Waals surface area contributed by atoms with E-state index in [9.17, 15) is 35.1 Å². The van der Waals surface area contributed by atoms with Crippen LogP contribution in [0.5, 0.6) is 0 Å². The Bertz CT molecular complexity index is 590. The molecule has 0 aromatic heterocycles. The van der Waals surface area contributed by atoms with Gasteiger partial charge in [0.15, 0.2) is 6.29 Å². The molecule has 0 aromatic carbocycles. The molecule has 5 N–H and O–H groups in total. The van der Waals surface area contributed by atoms with E-state index in [1.54, 1.807) is 0 Å². The standard InChI is InChI=1S/C17H26O11/c1-7(20)11-8(3-4-18)9(15(24)25-2)6-26-16(11)28-17-14(23)13(22)12(21)10(5-19)27-17/h6,8,10-14,16-19,21-23H,3-5H2,1-2H3. The van der Waals surface area contributed by atoms with Gasteiger partial charge in [0.25, 0.3) is 0 Å². The molecule has 0 bridgehead atoms. The predicted octanol–water partition coefficient (Wildman–Crippen LogP) is -2.58. The molecule has 0 spiro atoms. The zero-order valence-electron chi connectivity index (χ0n) is 15.5. The van der Waals surface area contributed by atoms with Crippen molar-refractivity contribution in [2.24, 2.45) is 11.8 Å². The molecule has 0 aromatic rings. The zero-order chi connectivity index (χ0) is 21.0. The highest BCUT2D eigenvalue weighted by Gasteiger charge is 2.49. The molecule has 0 aliphatic carbocycles. The second kappa shape index (κ2) is 9.74. The van der Waals surface area contributed by atoms with E-state index in [2.05, 4.69) is 4.74 Å². The fourth-order valence-electron chi connectivity index (χ4n) is 3.39. The summed E-state index contributed by atoms with van der Waals surface area (Å²) in [7, 11) is 1.17. The molecule has 8 unspecified atom stereocenters. The van der Waals surface area contributed by atoms with E-state index >= 15 is 0 Å². The van der Waals surface area contributed by atoms with Gasteiger partial charge in [-0.15, -0.1) is 0 Å². The molecular weight excluding hydrogens is 380 g/mol. The highest BCUT2D eigenvalue weighted by molar-refractivity contribution is 5.91. The van der Waals surface area contributed by atoms with Crippen molar-refractivity contribution < 1.29 is 54.1 Å². The van der Waals surface area contributed by atoms with Crippen LogP contribution in [-0.2, 0) is 28.5 Å². The lowest BCUT2D eigenvalue weighted by Gasteiger charge is -2.43. The molecule has 160 valence electrons. The first-order chi connectivity index (χ1) is 13.3. The van der Waals surface area contributed by atoms with Crippen LogP contribution >= 0.6 is 0 Å². The van der Waals surface area contributed by atoms with Crippen molar-refractivity contribution in [1.29, 1.82) is 0 Å². The summed E-state index contributed by atoms with van der Waals surface area (Å²) < 4.78 is 20.8. The van der Waals surface area contributed by atoms with E-state index in [-0.39, 0.29) is 18.6 Å². The number of hydrogen-bond acceptors (Lipinski definition) is 11. The average molecular weight is 406 g/mol. The summed E-state index contributed by atoms with van der Waals surface area (Å²) >= 11 is 0. The van der Waals surface area contributed by atoms with Gasteiger partial charge in [-0.05, 0) is 13.3 Å². The average Bonchev–Trinajstić information content (AvgIpc) is 2.67. The summed E-state index contributed by atoms with van der Waals surface area (Å²) in [6.45, 7) is 0.282. The maximum atomic E-state index is 12.3. The normalized spacial score (nSPS) is 38.3. The number of aliphatic hydroxyl groups excluding tert-OH is 5. The van der Waals surface area contributed by atoms with Gasteiger partial charge in [0.2, 0.25) is 6.29 Å². The summed E-state index contributed by atoms with van der Waals surface area (Å²) in [6, 6.07) is 0. The predicted molar refractivity (Wildman–Crippen MR) is 89.2 cm³/mol. The monoisotopic (exact) mass is 406 g/mol. The Labute approximate surface area is 161 Å². The molecule has 11 nitrogen and oxygen atoms in total. The van der Waals surface area contributed by atoms with Gasteiger partial charge in [-0.1, -0.05) is 0 Å². The Balaban J connectivity index is 2.27. The van der Waals surface area contributed by atoms with Gasteiger partial charge in [0.05, 0.1) is 31.5 Å². The van der Waals surface area contributed by atoms with Gasteiger partial charge >= 0.3 is 5.97 Å². The largest absolute Gasteiger partial charge is 0.471 e. The third-order valence-corrected chi connectivity index (χ3v) is 4.90. The molecule has 1 fully saturated rings. The summed E-state index contributed by atoms with van der Waals surface area (Å²) in [5.41, 5.74) is 0.0467. The number of ketones is 1. The number of hydrogen-bond donors (Lipinski definition) is 5. The maximum Gasteiger partial charge on any atom is 0.337 e. The zero-order valence-corrected chi connectivity index (χ0v) is 15.5. The third-order valence-electron chi connectivity index (χ3n) is 4.90. The first-order valence-corrected chi connectivity index (χ1v) is 8.77. The summed E-state index contributed by atoms with van der Waals surface area (Å²) in [6.07, 6.45) is -7.85. The first kappa shape index (κ1) is 22.7. The SMILES string of the molecule is COC(=O)C1=COC(OC2OC(CO)C(O)C(O)C2O)C(C(C)=O)C1CCO. The van der Waals surface area contributed by atoms with E-state index in [0.29, 0.717) is 0 Å². The highest BCUT2D eigenvalue weighted by Crippen LogP contribution is 2.36. The number of Topliss-reactive ketones (excluding diaryl/α,β-unsaturated/α-hetero) is 1. The minimum Gasteiger partial charge on any atom is -0.471 e. The van der Waals surface area contributed by atoms with Crippen molar-refractivity contribution >= 4 is 11.8 Å². The summed E-state index contributed by atoms with van der Waals surface area (Å²) in [4.78, 5) is 24.2. The lowest BCUT2D eigenvalue weighted by atomic mass is 9.79. The lowest BCUT2D eigenvalue weighted by Crippen LogP contribution is -2.60. The Morgan fingerprint density at radius 3 is 2.32 bits per heavy atom. The molecule has 2 aliphatic rings. The molecule has 0 radical (unpaired) electrons. The van der Waals surface area contributed by atoms with E-state index in [1.165, 1.54) is 14.0 Å². The molecule has 8 atom stereocenters. The van der Waals surface area contributed by atoms with Crippen molar-refractivity contribution in [3.63, 3.8) is 0 Å². The fraction of sp³-hybridized carbons (Fsp3) is 0.765. The van der Waals surface area contributed by atoms with E-state index in [1.807, 2.05) is 0 Å². The van der Waals surface area contributed by atoms with Crippen LogP contribution in [0.2, 0.25) is 0 Å². The molecule has 2 rings (SSSR count). The van der Waals surface area contributed by atoms with Crippen LogP contribution in [0.4, 0.5) is 0 Å². The van der Waals surface area contributed by atoms with Gasteiger partial charge in [-0.25, -0.2) is 4.79 Å². The minimum atomic E-state index is -1.68. The van der Waals surface area contributed by atoms with Crippen molar-refractivity contribution in [1.82, 2.24) is 0 Å². The Morgan fingerprint density at radius 1 is 1.11 bits per heavy atom. The number of methoxy groups -OCH3 is 1. The Kier molecular flexibility index (Phi) is 7.89. The van der Waals surface area contributed by atoms with E-state index in [0.717, 1.165) is 6.26 Å². The molecule has 1 saturated heterocycles. The van der Waals surface area contributed by atoms with Gasteiger partial charge < -0.3 is 44.5 Å². The van der Waals surface area contributed by atoms with Crippen LogP contribution in [-0.4, -0.2) is 94.6 Å². The molecular formula is C17H26O11.